The molecular formula is C15H14ClNO3. The fourth-order valence-electron chi connectivity index (χ4n) is 2.83. The third-order valence-electron chi connectivity index (χ3n) is 3.88. The molecule has 0 unspecified atom stereocenters. The molecule has 5 heteroatoms. The van der Waals surface area contributed by atoms with Crippen LogP contribution in [0, 0.1) is 11.8 Å². The molecule has 0 aromatic heterocycles. The van der Waals surface area contributed by atoms with E-state index in [4.69, 9.17) is 16.3 Å². The Kier molecular flexibility index (Phi) is 3.26. The lowest BCUT2D eigenvalue weighted by molar-refractivity contribution is -0.122. The number of hydrogen-bond acceptors (Lipinski definition) is 3. The van der Waals surface area contributed by atoms with Crippen LogP contribution in [-0.2, 0) is 9.59 Å². The van der Waals surface area contributed by atoms with Gasteiger partial charge in [-0.25, -0.2) is 4.90 Å². The van der Waals surface area contributed by atoms with E-state index in [0.29, 0.717) is 29.3 Å². The van der Waals surface area contributed by atoms with E-state index in [1.165, 1.54) is 4.90 Å². The lowest BCUT2D eigenvalue weighted by Crippen LogP contribution is -2.30. The van der Waals surface area contributed by atoms with Crippen LogP contribution in [0.3, 0.4) is 0 Å². The number of amides is 2. The number of rotatable bonds is 2. The maximum absolute atomic E-state index is 12.5. The van der Waals surface area contributed by atoms with Gasteiger partial charge in [0.1, 0.15) is 5.75 Å². The van der Waals surface area contributed by atoms with E-state index in [-0.39, 0.29) is 23.7 Å². The number of anilines is 1. The Hall–Kier alpha value is -1.81. The van der Waals surface area contributed by atoms with E-state index in [9.17, 15) is 9.59 Å². The minimum Gasteiger partial charge on any atom is -0.497 e. The number of halogens is 1. The first-order chi connectivity index (χ1) is 9.61. The number of allylic oxidation sites excluding steroid dienone is 2. The number of carbonyl (C=O) groups excluding carboxylic acids is 2. The average molecular weight is 292 g/mol. The highest BCUT2D eigenvalue weighted by Gasteiger charge is 2.48. The van der Waals surface area contributed by atoms with Gasteiger partial charge in [0.15, 0.2) is 0 Å². The predicted molar refractivity (Wildman–Crippen MR) is 75.6 cm³/mol. The average Bonchev–Trinajstić information content (AvgIpc) is 2.70. The van der Waals surface area contributed by atoms with Crippen LogP contribution in [0.1, 0.15) is 12.8 Å². The number of fused-ring (bicyclic) bond motifs is 1. The zero-order valence-electron chi connectivity index (χ0n) is 11.0. The summed E-state index contributed by atoms with van der Waals surface area (Å²) in [6.07, 6.45) is 2.83. The highest BCUT2D eigenvalue weighted by Crippen LogP contribution is 2.41. The van der Waals surface area contributed by atoms with Gasteiger partial charge in [0.05, 0.1) is 24.6 Å². The molecule has 3 rings (SSSR count). The predicted octanol–water partition coefficient (Wildman–Crippen LogP) is 2.72. The van der Waals surface area contributed by atoms with E-state index in [1.54, 1.807) is 31.4 Å². The molecule has 1 fully saturated rings. The maximum Gasteiger partial charge on any atom is 0.238 e. The standard InChI is InChI=1S/C15H14ClNO3/c1-20-11-4-2-3-10(8-11)17-14(18)12-6-5-9(16)7-13(12)15(17)19/h2-5,8,12-13H,6-7H2,1H3/t12-,13+/m1/s1. The largest absolute Gasteiger partial charge is 0.497 e. The van der Waals surface area contributed by atoms with Gasteiger partial charge in [-0.05, 0) is 25.0 Å². The van der Waals surface area contributed by atoms with E-state index in [0.717, 1.165) is 0 Å². The van der Waals surface area contributed by atoms with Crippen molar-refractivity contribution in [1.29, 1.82) is 0 Å². The molecule has 2 aliphatic rings. The molecule has 1 heterocycles. The summed E-state index contributed by atoms with van der Waals surface area (Å²) >= 11 is 6.00. The zero-order chi connectivity index (χ0) is 14.3. The fourth-order valence-corrected chi connectivity index (χ4v) is 3.09. The van der Waals surface area contributed by atoms with Gasteiger partial charge in [-0.15, -0.1) is 0 Å². The molecule has 1 saturated heterocycles. The van der Waals surface area contributed by atoms with Crippen molar-refractivity contribution in [3.63, 3.8) is 0 Å². The molecule has 1 aliphatic carbocycles. The van der Waals surface area contributed by atoms with Crippen molar-refractivity contribution in [3.8, 4) is 5.75 Å². The molecule has 4 nitrogen and oxygen atoms in total. The minimum atomic E-state index is -0.328. The number of carbonyl (C=O) groups is 2. The van der Waals surface area contributed by atoms with Crippen LogP contribution in [0.25, 0.3) is 0 Å². The molecule has 1 aliphatic heterocycles. The van der Waals surface area contributed by atoms with Crippen LogP contribution >= 0.6 is 11.6 Å². The zero-order valence-corrected chi connectivity index (χ0v) is 11.8. The van der Waals surface area contributed by atoms with Crippen LogP contribution in [0.5, 0.6) is 5.75 Å². The van der Waals surface area contributed by atoms with Crippen molar-refractivity contribution in [2.75, 3.05) is 12.0 Å². The Balaban J connectivity index is 1.95. The molecule has 0 saturated carbocycles. The smallest absolute Gasteiger partial charge is 0.238 e. The first kappa shape index (κ1) is 13.2. The number of benzene rings is 1. The molecule has 20 heavy (non-hydrogen) atoms. The summed E-state index contributed by atoms with van der Waals surface area (Å²) in [5, 5.41) is 0.667. The van der Waals surface area contributed by atoms with Crippen molar-refractivity contribution in [2.24, 2.45) is 11.8 Å². The number of nitrogens with zero attached hydrogens (tertiary/aromatic N) is 1. The second-order valence-corrected chi connectivity index (χ2v) is 5.50. The summed E-state index contributed by atoms with van der Waals surface area (Å²) in [5.41, 5.74) is 0.560. The molecule has 2 amide bonds. The van der Waals surface area contributed by atoms with Gasteiger partial charge in [0.25, 0.3) is 0 Å². The first-order valence-electron chi connectivity index (χ1n) is 6.48. The number of methoxy groups -OCH3 is 1. The summed E-state index contributed by atoms with van der Waals surface area (Å²) in [6.45, 7) is 0. The van der Waals surface area contributed by atoms with Crippen LogP contribution in [0.4, 0.5) is 5.69 Å². The van der Waals surface area contributed by atoms with Gasteiger partial charge in [-0.1, -0.05) is 23.7 Å². The Labute approximate surface area is 122 Å². The second kappa shape index (κ2) is 4.94. The lowest BCUT2D eigenvalue weighted by atomic mass is 9.85. The number of hydrogen-bond donors (Lipinski definition) is 0. The molecule has 0 radical (unpaired) electrons. The normalized spacial score (nSPS) is 25.5. The molecule has 0 N–H and O–H groups in total. The van der Waals surface area contributed by atoms with Crippen molar-refractivity contribution in [1.82, 2.24) is 0 Å². The molecule has 2 atom stereocenters. The van der Waals surface area contributed by atoms with Crippen LogP contribution < -0.4 is 9.64 Å². The summed E-state index contributed by atoms with van der Waals surface area (Å²) in [7, 11) is 1.55. The molecule has 0 bridgehead atoms. The van der Waals surface area contributed by atoms with Crippen molar-refractivity contribution in [2.45, 2.75) is 12.8 Å². The van der Waals surface area contributed by atoms with Crippen LogP contribution in [0.2, 0.25) is 0 Å². The topological polar surface area (TPSA) is 46.6 Å². The Morgan fingerprint density at radius 1 is 1.25 bits per heavy atom. The van der Waals surface area contributed by atoms with E-state index >= 15 is 0 Å². The van der Waals surface area contributed by atoms with Gasteiger partial charge < -0.3 is 4.74 Å². The molecule has 1 aromatic carbocycles. The maximum atomic E-state index is 12.5. The number of ether oxygens (including phenoxy) is 1. The quantitative estimate of drug-likeness (QED) is 0.787. The van der Waals surface area contributed by atoms with Gasteiger partial charge in [0, 0.05) is 11.1 Å². The Morgan fingerprint density at radius 3 is 2.75 bits per heavy atom. The molecule has 1 aromatic rings. The van der Waals surface area contributed by atoms with E-state index in [1.807, 2.05) is 6.08 Å². The third kappa shape index (κ3) is 2.00. The van der Waals surface area contributed by atoms with Gasteiger partial charge >= 0.3 is 0 Å². The second-order valence-electron chi connectivity index (χ2n) is 5.02. The summed E-state index contributed by atoms with van der Waals surface area (Å²) in [5.74, 6) is -0.301. The van der Waals surface area contributed by atoms with Crippen molar-refractivity contribution < 1.29 is 14.3 Å². The van der Waals surface area contributed by atoms with E-state index < -0.39 is 0 Å². The van der Waals surface area contributed by atoms with Gasteiger partial charge in [-0.3, -0.25) is 9.59 Å². The van der Waals surface area contributed by atoms with E-state index in [2.05, 4.69) is 0 Å². The SMILES string of the molecule is COc1cccc(N2C(=O)[C@H]3CC(Cl)=CC[C@H]3C2=O)c1. The minimum absolute atomic E-state index is 0.145. The van der Waals surface area contributed by atoms with Gasteiger partial charge in [0.2, 0.25) is 11.8 Å². The third-order valence-corrected chi connectivity index (χ3v) is 4.19. The lowest BCUT2D eigenvalue weighted by Gasteiger charge is -2.17. The first-order valence-corrected chi connectivity index (χ1v) is 6.86. The molecule has 0 spiro atoms. The highest BCUT2D eigenvalue weighted by molar-refractivity contribution is 6.30. The van der Waals surface area contributed by atoms with Gasteiger partial charge in [-0.2, -0.15) is 0 Å². The van der Waals surface area contributed by atoms with Crippen LogP contribution in [0.15, 0.2) is 35.4 Å². The Morgan fingerprint density at radius 2 is 2.00 bits per heavy atom. The molecular weight excluding hydrogens is 278 g/mol. The highest BCUT2D eigenvalue weighted by atomic mass is 35.5. The summed E-state index contributed by atoms with van der Waals surface area (Å²) in [6, 6.07) is 6.98. The van der Waals surface area contributed by atoms with Crippen LogP contribution in [-0.4, -0.2) is 18.9 Å². The number of imide groups is 1. The summed E-state index contributed by atoms with van der Waals surface area (Å²) < 4.78 is 5.14. The fraction of sp³-hybridized carbons (Fsp3) is 0.333. The monoisotopic (exact) mass is 291 g/mol. The van der Waals surface area contributed by atoms with Crippen molar-refractivity contribution in [3.05, 3.63) is 35.4 Å². The Bertz CT molecular complexity index is 611. The summed E-state index contributed by atoms with van der Waals surface area (Å²) in [4.78, 5) is 26.2. The van der Waals surface area contributed by atoms with Crippen molar-refractivity contribution >= 4 is 29.1 Å². The molecule has 104 valence electrons.